The highest BCUT2D eigenvalue weighted by atomic mass is 16.5. The summed E-state index contributed by atoms with van der Waals surface area (Å²) in [4.78, 5) is 12.6. The van der Waals surface area contributed by atoms with Gasteiger partial charge in [0.25, 0.3) is 5.91 Å². The Morgan fingerprint density at radius 3 is 2.48 bits per heavy atom. The van der Waals surface area contributed by atoms with Crippen molar-refractivity contribution in [3.05, 3.63) is 89.3 Å². The predicted octanol–water partition coefficient (Wildman–Crippen LogP) is 4.34. The number of aryl methyl sites for hydroxylation is 1. The first-order valence-corrected chi connectivity index (χ1v) is 9.81. The van der Waals surface area contributed by atoms with Gasteiger partial charge in [0, 0.05) is 28.8 Å². The van der Waals surface area contributed by atoms with Crippen LogP contribution in [0.3, 0.4) is 0 Å². The minimum atomic E-state index is -0.0728. The number of carbonyl (C=O) groups excluding carboxylic acids is 1. The zero-order chi connectivity index (χ0) is 20.4. The molecule has 0 bridgehead atoms. The third-order valence-corrected chi connectivity index (χ3v) is 5.47. The van der Waals surface area contributed by atoms with Crippen LogP contribution in [0.1, 0.15) is 39.6 Å². The minimum Gasteiger partial charge on any atom is -0.497 e. The lowest BCUT2D eigenvalue weighted by molar-refractivity contribution is 0.0944. The first-order valence-electron chi connectivity index (χ1n) is 9.81. The lowest BCUT2D eigenvalue weighted by atomic mass is 9.96. The molecule has 0 aliphatic heterocycles. The topological polar surface area (TPSA) is 56.1 Å². The number of ether oxygens (including phenoxy) is 1. The Morgan fingerprint density at radius 2 is 1.79 bits per heavy atom. The molecule has 2 aromatic carbocycles. The lowest BCUT2D eigenvalue weighted by Crippen LogP contribution is -2.32. The van der Waals surface area contributed by atoms with E-state index in [1.54, 1.807) is 31.4 Å². The first-order chi connectivity index (χ1) is 14.1. The maximum Gasteiger partial charge on any atom is 0.251 e. The molecule has 148 valence electrons. The molecule has 29 heavy (non-hydrogen) atoms. The third kappa shape index (κ3) is 3.81. The predicted molar refractivity (Wildman–Crippen MR) is 114 cm³/mol. The number of allylic oxidation sites excluding steroid dienone is 1. The van der Waals surface area contributed by atoms with Gasteiger partial charge in [-0.1, -0.05) is 30.4 Å². The summed E-state index contributed by atoms with van der Waals surface area (Å²) in [6.45, 7) is 4.16. The van der Waals surface area contributed by atoms with Crippen LogP contribution in [0.5, 0.6) is 5.75 Å². The summed E-state index contributed by atoms with van der Waals surface area (Å²) in [5, 5.41) is 7.87. The number of benzene rings is 2. The Labute approximate surface area is 171 Å². The van der Waals surface area contributed by atoms with Crippen molar-refractivity contribution in [3.8, 4) is 11.4 Å². The van der Waals surface area contributed by atoms with Crippen molar-refractivity contribution in [3.63, 3.8) is 0 Å². The van der Waals surface area contributed by atoms with Crippen molar-refractivity contribution < 1.29 is 9.53 Å². The van der Waals surface area contributed by atoms with Gasteiger partial charge in [-0.25, -0.2) is 4.68 Å². The molecule has 3 aromatic rings. The zero-order valence-corrected chi connectivity index (χ0v) is 16.9. The van der Waals surface area contributed by atoms with E-state index >= 15 is 0 Å². The summed E-state index contributed by atoms with van der Waals surface area (Å²) in [6.07, 6.45) is 5.11. The Kier molecular flexibility index (Phi) is 5.21. The minimum absolute atomic E-state index is 0.00785. The molecule has 0 fully saturated rings. The molecule has 1 aliphatic carbocycles. The van der Waals surface area contributed by atoms with Crippen LogP contribution in [0.25, 0.3) is 5.69 Å². The molecule has 0 saturated heterocycles. The van der Waals surface area contributed by atoms with Gasteiger partial charge in [-0.15, -0.1) is 0 Å². The summed E-state index contributed by atoms with van der Waals surface area (Å²) in [7, 11) is 1.61. The fraction of sp³-hybridized carbons (Fsp3) is 0.250. The molecule has 5 heteroatoms. The zero-order valence-electron chi connectivity index (χ0n) is 16.9. The van der Waals surface area contributed by atoms with Crippen molar-refractivity contribution in [2.45, 2.75) is 32.2 Å². The number of methoxy groups -OCH3 is 1. The average Bonchev–Trinajstić information content (AvgIpc) is 3.32. The van der Waals surface area contributed by atoms with Gasteiger partial charge >= 0.3 is 0 Å². The molecule has 0 spiro atoms. The molecule has 2 unspecified atom stereocenters. The van der Waals surface area contributed by atoms with E-state index in [1.807, 2.05) is 22.9 Å². The first kappa shape index (κ1) is 19.0. The average molecular weight is 387 g/mol. The van der Waals surface area contributed by atoms with E-state index < -0.39 is 0 Å². The fourth-order valence-corrected chi connectivity index (χ4v) is 4.03. The molecule has 1 amide bonds. The van der Waals surface area contributed by atoms with E-state index in [-0.39, 0.29) is 17.9 Å². The smallest absolute Gasteiger partial charge is 0.251 e. The second-order valence-corrected chi connectivity index (χ2v) is 7.37. The van der Waals surface area contributed by atoms with Gasteiger partial charge in [-0.05, 0) is 56.7 Å². The number of hydrogen-bond donors (Lipinski definition) is 1. The SMILES string of the molecule is COc1ccc(C(=O)NC2C=CC(c3c(C)nn(-c4ccccc4)c3C)C2)cc1. The molecular weight excluding hydrogens is 362 g/mol. The summed E-state index contributed by atoms with van der Waals surface area (Å²) in [5.74, 6) is 0.911. The van der Waals surface area contributed by atoms with Crippen LogP contribution in [0, 0.1) is 13.8 Å². The summed E-state index contributed by atoms with van der Waals surface area (Å²) >= 11 is 0. The van der Waals surface area contributed by atoms with Crippen molar-refractivity contribution in [2.24, 2.45) is 0 Å². The van der Waals surface area contributed by atoms with Crippen LogP contribution in [0.2, 0.25) is 0 Å². The van der Waals surface area contributed by atoms with Crippen LogP contribution < -0.4 is 10.1 Å². The monoisotopic (exact) mass is 387 g/mol. The maximum absolute atomic E-state index is 12.6. The maximum atomic E-state index is 12.6. The third-order valence-electron chi connectivity index (χ3n) is 5.47. The molecule has 1 aliphatic rings. The Balaban J connectivity index is 1.47. The van der Waals surface area contributed by atoms with Gasteiger partial charge in [0.15, 0.2) is 0 Å². The van der Waals surface area contributed by atoms with Gasteiger partial charge in [-0.3, -0.25) is 4.79 Å². The van der Waals surface area contributed by atoms with Crippen molar-refractivity contribution >= 4 is 5.91 Å². The Bertz CT molecular complexity index is 1040. The Hall–Kier alpha value is -3.34. The molecule has 4 rings (SSSR count). The summed E-state index contributed by atoms with van der Waals surface area (Å²) < 4.78 is 7.15. The number of hydrogen-bond acceptors (Lipinski definition) is 3. The van der Waals surface area contributed by atoms with Crippen molar-refractivity contribution in [1.29, 1.82) is 0 Å². The van der Waals surface area contributed by atoms with E-state index in [0.29, 0.717) is 5.56 Å². The number of nitrogens with zero attached hydrogens (tertiary/aromatic N) is 2. The molecular formula is C24H25N3O2. The van der Waals surface area contributed by atoms with Gasteiger partial charge in [-0.2, -0.15) is 5.10 Å². The Morgan fingerprint density at radius 1 is 1.07 bits per heavy atom. The fourth-order valence-electron chi connectivity index (χ4n) is 4.03. The van der Waals surface area contributed by atoms with Crippen LogP contribution >= 0.6 is 0 Å². The van der Waals surface area contributed by atoms with E-state index in [0.717, 1.165) is 29.2 Å². The normalized spacial score (nSPS) is 18.0. The van der Waals surface area contributed by atoms with Crippen LogP contribution in [-0.2, 0) is 0 Å². The highest BCUT2D eigenvalue weighted by Crippen LogP contribution is 2.34. The highest BCUT2D eigenvalue weighted by molar-refractivity contribution is 5.94. The molecule has 0 saturated carbocycles. The number of aromatic nitrogens is 2. The highest BCUT2D eigenvalue weighted by Gasteiger charge is 2.27. The van der Waals surface area contributed by atoms with Crippen molar-refractivity contribution in [2.75, 3.05) is 7.11 Å². The largest absolute Gasteiger partial charge is 0.497 e. The van der Waals surface area contributed by atoms with Crippen LogP contribution in [0.15, 0.2) is 66.7 Å². The molecule has 1 heterocycles. The number of rotatable bonds is 5. The van der Waals surface area contributed by atoms with Crippen molar-refractivity contribution in [1.82, 2.24) is 15.1 Å². The lowest BCUT2D eigenvalue weighted by Gasteiger charge is -2.15. The van der Waals surface area contributed by atoms with E-state index in [9.17, 15) is 4.79 Å². The second kappa shape index (κ2) is 7.95. The standard InChI is InChI=1S/C24H25N3O2/c1-16-23(17(2)27(26-16)21-7-5-4-6-8-21)19-9-12-20(15-19)25-24(28)18-10-13-22(29-3)14-11-18/h4-14,19-20H,15H2,1-3H3,(H,25,28). The number of amides is 1. The molecule has 0 radical (unpaired) electrons. The van der Waals surface area contributed by atoms with Gasteiger partial charge in [0.2, 0.25) is 0 Å². The van der Waals surface area contributed by atoms with Crippen LogP contribution in [-0.4, -0.2) is 28.8 Å². The van der Waals surface area contributed by atoms with Gasteiger partial charge in [0.05, 0.1) is 18.5 Å². The van der Waals surface area contributed by atoms with Gasteiger partial charge in [0.1, 0.15) is 5.75 Å². The molecule has 1 N–H and O–H groups in total. The van der Waals surface area contributed by atoms with Crippen LogP contribution in [0.4, 0.5) is 0 Å². The second-order valence-electron chi connectivity index (χ2n) is 7.37. The molecule has 5 nitrogen and oxygen atoms in total. The van der Waals surface area contributed by atoms with E-state index in [4.69, 9.17) is 9.84 Å². The molecule has 1 aromatic heterocycles. The van der Waals surface area contributed by atoms with Gasteiger partial charge < -0.3 is 10.1 Å². The van der Waals surface area contributed by atoms with E-state index in [2.05, 4.69) is 43.4 Å². The summed E-state index contributed by atoms with van der Waals surface area (Å²) in [5.41, 5.74) is 5.11. The molecule has 2 atom stereocenters. The number of para-hydroxylation sites is 1. The van der Waals surface area contributed by atoms with E-state index in [1.165, 1.54) is 5.56 Å². The summed E-state index contributed by atoms with van der Waals surface area (Å²) in [6, 6.07) is 17.3. The quantitative estimate of drug-likeness (QED) is 0.663. The number of nitrogens with one attached hydrogen (secondary N) is 1. The number of carbonyl (C=O) groups is 1.